The Morgan fingerprint density at radius 1 is 1.11 bits per heavy atom. The van der Waals surface area contributed by atoms with Crippen LogP contribution in [0.25, 0.3) is 0 Å². The van der Waals surface area contributed by atoms with Crippen molar-refractivity contribution in [2.45, 2.75) is 53.1 Å². The average Bonchev–Trinajstić information content (AvgIpc) is 2.23. The highest BCUT2D eigenvalue weighted by Crippen LogP contribution is 2.00. The van der Waals surface area contributed by atoms with Gasteiger partial charge in [-0.05, 0) is 34.2 Å². The van der Waals surface area contributed by atoms with E-state index in [1.807, 2.05) is 34.6 Å². The molecule has 2 unspecified atom stereocenters. The summed E-state index contributed by atoms with van der Waals surface area (Å²) in [5.41, 5.74) is -0.286. The molecule has 0 rings (SSSR count). The number of nitrogens with one attached hydrogen (secondary N) is 3. The van der Waals surface area contributed by atoms with Crippen LogP contribution >= 0.6 is 0 Å². The van der Waals surface area contributed by atoms with Gasteiger partial charge in [-0.15, -0.1) is 0 Å². The maximum atomic E-state index is 11.8. The van der Waals surface area contributed by atoms with E-state index in [1.165, 1.54) is 0 Å². The zero-order valence-corrected chi connectivity index (χ0v) is 12.4. The molecule has 0 aliphatic carbocycles. The summed E-state index contributed by atoms with van der Waals surface area (Å²) in [5, 5.41) is 8.67. The molecular formula is C13H27N3O2. The predicted molar refractivity (Wildman–Crippen MR) is 73.2 cm³/mol. The quantitative estimate of drug-likeness (QED) is 0.654. The van der Waals surface area contributed by atoms with Gasteiger partial charge < -0.3 is 16.0 Å². The fourth-order valence-electron chi connectivity index (χ4n) is 1.35. The maximum absolute atomic E-state index is 11.8. The van der Waals surface area contributed by atoms with E-state index in [9.17, 15) is 9.59 Å². The summed E-state index contributed by atoms with van der Waals surface area (Å²) in [6.45, 7) is 12.7. The molecular weight excluding hydrogens is 230 g/mol. The van der Waals surface area contributed by atoms with Crippen LogP contribution in [-0.2, 0) is 9.59 Å². The largest absolute Gasteiger partial charge is 0.350 e. The van der Waals surface area contributed by atoms with Crippen molar-refractivity contribution >= 4 is 11.8 Å². The van der Waals surface area contributed by atoms with E-state index < -0.39 is 6.04 Å². The fourth-order valence-corrected chi connectivity index (χ4v) is 1.35. The Kier molecular flexibility index (Phi) is 6.91. The van der Waals surface area contributed by atoms with E-state index in [0.717, 1.165) is 6.54 Å². The smallest absolute Gasteiger partial charge is 0.242 e. The lowest BCUT2D eigenvalue weighted by atomic mass is 10.1. The molecule has 0 aromatic rings. The summed E-state index contributed by atoms with van der Waals surface area (Å²) < 4.78 is 0. The fraction of sp³-hybridized carbons (Fsp3) is 0.846. The molecule has 5 nitrogen and oxygen atoms in total. The molecule has 0 saturated carbocycles. The summed E-state index contributed by atoms with van der Waals surface area (Å²) in [5.74, 6) is -0.408. The van der Waals surface area contributed by atoms with Gasteiger partial charge in [0, 0.05) is 18.0 Å². The minimum Gasteiger partial charge on any atom is -0.350 e. The van der Waals surface area contributed by atoms with Crippen LogP contribution in [0.1, 0.15) is 41.5 Å². The third-order valence-corrected chi connectivity index (χ3v) is 2.40. The average molecular weight is 257 g/mol. The van der Waals surface area contributed by atoms with Gasteiger partial charge in [0.25, 0.3) is 0 Å². The van der Waals surface area contributed by atoms with Crippen LogP contribution in [0, 0.1) is 5.92 Å². The lowest BCUT2D eigenvalue weighted by Crippen LogP contribution is -2.52. The molecule has 0 radical (unpaired) electrons. The summed E-state index contributed by atoms with van der Waals surface area (Å²) in [6.07, 6.45) is 0. The molecule has 2 atom stereocenters. The summed E-state index contributed by atoms with van der Waals surface area (Å²) >= 11 is 0. The second-order valence-electron chi connectivity index (χ2n) is 5.68. The molecule has 0 aliphatic rings. The van der Waals surface area contributed by atoms with Crippen LogP contribution in [0.5, 0.6) is 0 Å². The van der Waals surface area contributed by atoms with Gasteiger partial charge in [-0.3, -0.25) is 9.59 Å². The molecule has 0 spiro atoms. The lowest BCUT2D eigenvalue weighted by molar-refractivity contribution is -0.131. The maximum Gasteiger partial charge on any atom is 0.242 e. The second kappa shape index (κ2) is 7.36. The lowest BCUT2D eigenvalue weighted by Gasteiger charge is -2.24. The molecule has 0 aromatic heterocycles. The van der Waals surface area contributed by atoms with Crippen LogP contribution < -0.4 is 16.0 Å². The van der Waals surface area contributed by atoms with Gasteiger partial charge >= 0.3 is 0 Å². The Bertz CT molecular complexity index is 284. The number of carbonyl (C=O) groups is 2. The molecule has 0 saturated heterocycles. The molecule has 18 heavy (non-hydrogen) atoms. The van der Waals surface area contributed by atoms with Crippen molar-refractivity contribution in [3.63, 3.8) is 0 Å². The Balaban J connectivity index is 4.18. The van der Waals surface area contributed by atoms with Gasteiger partial charge in [-0.25, -0.2) is 0 Å². The number of hydrogen-bond acceptors (Lipinski definition) is 3. The van der Waals surface area contributed by atoms with Gasteiger partial charge in [-0.2, -0.15) is 0 Å². The predicted octanol–water partition coefficient (Wildman–Crippen LogP) is 0.651. The molecule has 0 heterocycles. The number of carbonyl (C=O) groups excluding carboxylic acids is 2. The van der Waals surface area contributed by atoms with Gasteiger partial charge in [0.15, 0.2) is 0 Å². The van der Waals surface area contributed by atoms with Gasteiger partial charge in [0.2, 0.25) is 11.8 Å². The van der Waals surface area contributed by atoms with E-state index in [4.69, 9.17) is 0 Å². The van der Waals surface area contributed by atoms with Gasteiger partial charge in [0.05, 0.1) is 0 Å². The Hall–Kier alpha value is -1.10. The van der Waals surface area contributed by atoms with Crippen molar-refractivity contribution < 1.29 is 9.59 Å². The van der Waals surface area contributed by atoms with E-state index in [-0.39, 0.29) is 23.3 Å². The number of rotatable bonds is 6. The first-order chi connectivity index (χ1) is 8.17. The molecule has 0 fully saturated rings. The molecule has 5 heteroatoms. The van der Waals surface area contributed by atoms with Crippen LogP contribution in [-0.4, -0.2) is 36.5 Å². The Morgan fingerprint density at radius 3 is 2.11 bits per heavy atom. The highest BCUT2D eigenvalue weighted by Gasteiger charge is 2.22. The molecule has 2 amide bonds. The van der Waals surface area contributed by atoms with Gasteiger partial charge in [-0.1, -0.05) is 13.8 Å². The number of amides is 2. The monoisotopic (exact) mass is 257 g/mol. The first-order valence-corrected chi connectivity index (χ1v) is 6.50. The second-order valence-corrected chi connectivity index (χ2v) is 5.68. The van der Waals surface area contributed by atoms with Gasteiger partial charge in [0.1, 0.15) is 6.04 Å². The summed E-state index contributed by atoms with van der Waals surface area (Å²) in [4.78, 5) is 23.6. The third kappa shape index (κ3) is 7.27. The molecule has 106 valence electrons. The zero-order chi connectivity index (χ0) is 14.3. The Labute approximate surface area is 110 Å². The molecule has 3 N–H and O–H groups in total. The van der Waals surface area contributed by atoms with Crippen LogP contribution in [0.15, 0.2) is 0 Å². The topological polar surface area (TPSA) is 70.2 Å². The van der Waals surface area contributed by atoms with Crippen molar-refractivity contribution in [3.05, 3.63) is 0 Å². The van der Waals surface area contributed by atoms with E-state index in [1.54, 1.807) is 6.92 Å². The van der Waals surface area contributed by atoms with Crippen LogP contribution in [0.2, 0.25) is 0 Å². The standard InChI is InChI=1S/C13H27N3O2/c1-7-14-8-9(2)11(17)15-10(3)12(18)16-13(4,5)6/h9-10,14H,7-8H2,1-6H3,(H,15,17)(H,16,18). The SMILES string of the molecule is CCNCC(C)C(=O)NC(C)C(=O)NC(C)(C)C. The minimum atomic E-state index is -0.513. The normalized spacial score (nSPS) is 14.8. The van der Waals surface area contributed by atoms with E-state index in [2.05, 4.69) is 16.0 Å². The van der Waals surface area contributed by atoms with Crippen molar-refractivity contribution in [2.75, 3.05) is 13.1 Å². The minimum absolute atomic E-state index is 0.104. The first-order valence-electron chi connectivity index (χ1n) is 6.50. The molecule has 0 aromatic carbocycles. The molecule has 0 bridgehead atoms. The van der Waals surface area contributed by atoms with Crippen LogP contribution in [0.4, 0.5) is 0 Å². The van der Waals surface area contributed by atoms with Crippen molar-refractivity contribution in [1.29, 1.82) is 0 Å². The Morgan fingerprint density at radius 2 is 1.67 bits per heavy atom. The van der Waals surface area contributed by atoms with Crippen LogP contribution in [0.3, 0.4) is 0 Å². The first kappa shape index (κ1) is 16.9. The van der Waals surface area contributed by atoms with Crippen molar-refractivity contribution in [2.24, 2.45) is 5.92 Å². The number of hydrogen-bond donors (Lipinski definition) is 3. The molecule has 0 aliphatic heterocycles. The highest BCUT2D eigenvalue weighted by atomic mass is 16.2. The summed E-state index contributed by atoms with van der Waals surface area (Å²) in [6, 6.07) is -0.513. The van der Waals surface area contributed by atoms with E-state index in [0.29, 0.717) is 6.54 Å². The van der Waals surface area contributed by atoms with E-state index >= 15 is 0 Å². The van der Waals surface area contributed by atoms with Crippen molar-refractivity contribution in [1.82, 2.24) is 16.0 Å². The van der Waals surface area contributed by atoms with Crippen molar-refractivity contribution in [3.8, 4) is 0 Å². The highest BCUT2D eigenvalue weighted by molar-refractivity contribution is 5.88. The third-order valence-electron chi connectivity index (χ3n) is 2.40. The zero-order valence-electron chi connectivity index (χ0n) is 12.4. The summed E-state index contributed by atoms with van der Waals surface area (Å²) in [7, 11) is 0.